The molecule has 1 saturated carbocycles. The van der Waals surface area contributed by atoms with Crippen molar-refractivity contribution >= 4 is 27.4 Å². The highest BCUT2D eigenvalue weighted by Gasteiger charge is 2.15. The predicted octanol–water partition coefficient (Wildman–Crippen LogP) is 3.89. The summed E-state index contributed by atoms with van der Waals surface area (Å²) in [5, 5.41) is 14.0. The molecule has 1 fully saturated rings. The molecule has 0 atom stereocenters. The minimum atomic E-state index is -0.437. The average molecular weight is 314 g/mol. The number of aromatic nitrogens is 1. The lowest BCUT2D eigenvalue weighted by Crippen LogP contribution is -2.19. The van der Waals surface area contributed by atoms with E-state index < -0.39 is 4.92 Å². The lowest BCUT2D eigenvalue weighted by Gasteiger charge is -2.17. The van der Waals surface area contributed by atoms with E-state index in [0.29, 0.717) is 16.3 Å². The van der Waals surface area contributed by atoms with Crippen molar-refractivity contribution in [1.82, 2.24) is 4.98 Å². The molecule has 0 bridgehead atoms. The van der Waals surface area contributed by atoms with E-state index in [-0.39, 0.29) is 5.69 Å². The first-order chi connectivity index (χ1) is 8.66. The van der Waals surface area contributed by atoms with Gasteiger partial charge in [0.15, 0.2) is 0 Å². The number of nitrogens with zero attached hydrogens (tertiary/aromatic N) is 2. The largest absolute Gasteiger partial charge is 0.366 e. The van der Waals surface area contributed by atoms with Gasteiger partial charge in [0.25, 0.3) is 5.69 Å². The van der Waals surface area contributed by atoms with E-state index in [1.165, 1.54) is 37.9 Å². The van der Waals surface area contributed by atoms with Crippen molar-refractivity contribution in [2.24, 2.45) is 0 Å². The van der Waals surface area contributed by atoms with Crippen LogP contribution in [0.3, 0.4) is 0 Å². The summed E-state index contributed by atoms with van der Waals surface area (Å²) in [5.41, 5.74) is 0.00768. The summed E-state index contributed by atoms with van der Waals surface area (Å²) in [5.74, 6) is 0.701. The van der Waals surface area contributed by atoms with Gasteiger partial charge in [0, 0.05) is 12.1 Å². The van der Waals surface area contributed by atoms with Gasteiger partial charge in [0.2, 0.25) is 0 Å². The standard InChI is InChI=1S/C12H16BrN3O2/c13-11-7-10(16(17)18)8-14-12(11)15-9-5-3-1-2-4-6-9/h7-9H,1-6H2,(H,14,15). The summed E-state index contributed by atoms with van der Waals surface area (Å²) >= 11 is 3.33. The molecule has 0 amide bonds. The highest BCUT2D eigenvalue weighted by atomic mass is 79.9. The van der Waals surface area contributed by atoms with E-state index in [9.17, 15) is 10.1 Å². The van der Waals surface area contributed by atoms with Crippen molar-refractivity contribution in [1.29, 1.82) is 0 Å². The van der Waals surface area contributed by atoms with Crippen LogP contribution in [-0.4, -0.2) is 15.9 Å². The maximum absolute atomic E-state index is 10.6. The van der Waals surface area contributed by atoms with E-state index in [0.717, 1.165) is 12.8 Å². The van der Waals surface area contributed by atoms with Gasteiger partial charge >= 0.3 is 0 Å². The van der Waals surface area contributed by atoms with Gasteiger partial charge in [-0.15, -0.1) is 0 Å². The highest BCUT2D eigenvalue weighted by Crippen LogP contribution is 2.27. The Kier molecular flexibility index (Phi) is 4.52. The molecule has 1 heterocycles. The number of hydrogen-bond donors (Lipinski definition) is 1. The van der Waals surface area contributed by atoms with Crippen LogP contribution < -0.4 is 5.32 Å². The van der Waals surface area contributed by atoms with Gasteiger partial charge in [0.05, 0.1) is 9.40 Å². The summed E-state index contributed by atoms with van der Waals surface area (Å²) in [6.45, 7) is 0. The van der Waals surface area contributed by atoms with Crippen molar-refractivity contribution in [2.45, 2.75) is 44.6 Å². The van der Waals surface area contributed by atoms with E-state index in [2.05, 4.69) is 26.2 Å². The molecule has 0 aliphatic heterocycles. The molecule has 1 aromatic heterocycles. The molecule has 18 heavy (non-hydrogen) atoms. The summed E-state index contributed by atoms with van der Waals surface area (Å²) in [7, 11) is 0. The maximum atomic E-state index is 10.6. The SMILES string of the molecule is O=[N+]([O-])c1cnc(NC2CCCCCC2)c(Br)c1. The van der Waals surface area contributed by atoms with Gasteiger partial charge in [-0.05, 0) is 28.8 Å². The Labute approximate surface area is 114 Å². The molecule has 0 aromatic carbocycles. The van der Waals surface area contributed by atoms with Crippen LogP contribution in [0.25, 0.3) is 0 Å². The number of pyridine rings is 1. The molecule has 6 heteroatoms. The second-order valence-corrected chi connectivity index (χ2v) is 5.47. The molecule has 0 spiro atoms. The molecule has 1 aromatic rings. The summed E-state index contributed by atoms with van der Waals surface area (Å²) < 4.78 is 0.654. The number of nitrogens with one attached hydrogen (secondary N) is 1. The molecule has 0 radical (unpaired) electrons. The van der Waals surface area contributed by atoms with E-state index in [1.807, 2.05) is 0 Å². The minimum absolute atomic E-state index is 0.00768. The third-order valence-electron chi connectivity index (χ3n) is 3.23. The third-order valence-corrected chi connectivity index (χ3v) is 3.84. The zero-order chi connectivity index (χ0) is 13.0. The van der Waals surface area contributed by atoms with Crippen LogP contribution in [0.2, 0.25) is 0 Å². The second-order valence-electron chi connectivity index (χ2n) is 4.61. The fourth-order valence-corrected chi connectivity index (χ4v) is 2.70. The average Bonchev–Trinajstić information content (AvgIpc) is 2.60. The summed E-state index contributed by atoms with van der Waals surface area (Å²) in [6, 6.07) is 1.92. The van der Waals surface area contributed by atoms with Crippen molar-refractivity contribution in [3.8, 4) is 0 Å². The third kappa shape index (κ3) is 3.41. The first-order valence-corrected chi connectivity index (χ1v) is 7.02. The molecule has 1 aliphatic carbocycles. The van der Waals surface area contributed by atoms with Crippen molar-refractivity contribution < 1.29 is 4.92 Å². The Bertz CT molecular complexity index is 431. The molecule has 5 nitrogen and oxygen atoms in total. The summed E-state index contributed by atoms with van der Waals surface area (Å²) in [4.78, 5) is 14.3. The Morgan fingerprint density at radius 2 is 2.00 bits per heavy atom. The van der Waals surface area contributed by atoms with Gasteiger partial charge in [-0.1, -0.05) is 25.7 Å². The van der Waals surface area contributed by atoms with Crippen LogP contribution >= 0.6 is 15.9 Å². The van der Waals surface area contributed by atoms with Gasteiger partial charge < -0.3 is 5.32 Å². The van der Waals surface area contributed by atoms with E-state index in [4.69, 9.17) is 0 Å². The Morgan fingerprint density at radius 3 is 2.56 bits per heavy atom. The van der Waals surface area contributed by atoms with Gasteiger partial charge in [0.1, 0.15) is 12.0 Å². The number of nitro groups is 1. The topological polar surface area (TPSA) is 68.1 Å². The molecule has 1 N–H and O–H groups in total. The Morgan fingerprint density at radius 1 is 1.33 bits per heavy atom. The monoisotopic (exact) mass is 313 g/mol. The minimum Gasteiger partial charge on any atom is -0.366 e. The predicted molar refractivity (Wildman–Crippen MR) is 73.7 cm³/mol. The van der Waals surface area contributed by atoms with Crippen LogP contribution in [0, 0.1) is 10.1 Å². The van der Waals surface area contributed by atoms with Crippen molar-refractivity contribution in [3.63, 3.8) is 0 Å². The number of anilines is 1. The number of halogens is 1. The summed E-state index contributed by atoms with van der Waals surface area (Å²) in [6.07, 6.45) is 8.66. The quantitative estimate of drug-likeness (QED) is 0.522. The fraction of sp³-hybridized carbons (Fsp3) is 0.583. The van der Waals surface area contributed by atoms with Crippen LogP contribution in [0.1, 0.15) is 38.5 Å². The number of hydrogen-bond acceptors (Lipinski definition) is 4. The molecular weight excluding hydrogens is 298 g/mol. The van der Waals surface area contributed by atoms with Crippen molar-refractivity contribution in [3.05, 3.63) is 26.9 Å². The number of rotatable bonds is 3. The molecule has 2 rings (SSSR count). The van der Waals surface area contributed by atoms with Crippen LogP contribution in [0.5, 0.6) is 0 Å². The maximum Gasteiger partial charge on any atom is 0.288 e. The second kappa shape index (κ2) is 6.13. The Balaban J connectivity index is 2.06. The highest BCUT2D eigenvalue weighted by molar-refractivity contribution is 9.10. The molecule has 0 unspecified atom stereocenters. The van der Waals surface area contributed by atoms with Gasteiger partial charge in [-0.3, -0.25) is 10.1 Å². The van der Waals surface area contributed by atoms with Gasteiger partial charge in [-0.25, -0.2) is 4.98 Å². The first kappa shape index (κ1) is 13.3. The molecule has 98 valence electrons. The normalized spacial score (nSPS) is 17.2. The molecular formula is C12H16BrN3O2. The van der Waals surface area contributed by atoms with Crippen LogP contribution in [0.4, 0.5) is 11.5 Å². The van der Waals surface area contributed by atoms with Crippen LogP contribution in [-0.2, 0) is 0 Å². The molecule has 0 saturated heterocycles. The fourth-order valence-electron chi connectivity index (χ4n) is 2.25. The molecule has 1 aliphatic rings. The lowest BCUT2D eigenvalue weighted by molar-refractivity contribution is -0.385. The van der Waals surface area contributed by atoms with Crippen molar-refractivity contribution in [2.75, 3.05) is 5.32 Å². The smallest absolute Gasteiger partial charge is 0.288 e. The van der Waals surface area contributed by atoms with E-state index >= 15 is 0 Å². The zero-order valence-electron chi connectivity index (χ0n) is 10.1. The Hall–Kier alpha value is -1.17. The lowest BCUT2D eigenvalue weighted by atomic mass is 10.1. The van der Waals surface area contributed by atoms with Gasteiger partial charge in [-0.2, -0.15) is 0 Å². The van der Waals surface area contributed by atoms with Crippen LogP contribution in [0.15, 0.2) is 16.7 Å². The zero-order valence-corrected chi connectivity index (χ0v) is 11.6. The van der Waals surface area contributed by atoms with E-state index in [1.54, 1.807) is 0 Å². The first-order valence-electron chi connectivity index (χ1n) is 6.23.